The van der Waals surface area contributed by atoms with Crippen LogP contribution in [0, 0.1) is 11.3 Å². The van der Waals surface area contributed by atoms with Gasteiger partial charge >= 0.3 is 6.09 Å². The number of ether oxygens (including phenoxy) is 2. The molecule has 0 saturated carbocycles. The van der Waals surface area contributed by atoms with E-state index in [1.165, 1.54) is 11.3 Å². The van der Waals surface area contributed by atoms with Gasteiger partial charge in [-0.1, -0.05) is 0 Å². The van der Waals surface area contributed by atoms with E-state index in [0.29, 0.717) is 48.0 Å². The minimum absolute atomic E-state index is 0.296. The highest BCUT2D eigenvalue weighted by Gasteiger charge is 2.28. The van der Waals surface area contributed by atoms with E-state index >= 15 is 0 Å². The molecule has 0 fully saturated rings. The first-order chi connectivity index (χ1) is 13.1. The molecule has 1 aromatic heterocycles. The minimum Gasteiger partial charge on any atom is -0.497 e. The SMILES string of the molecule is CCOC(=O)N1CCc2c(sc(NC(=O)c3ccc(OC)cc3)c2C#N)C1. The summed E-state index contributed by atoms with van der Waals surface area (Å²) in [6, 6.07) is 8.93. The zero-order valence-corrected chi connectivity index (χ0v) is 15.9. The van der Waals surface area contributed by atoms with Crippen molar-refractivity contribution in [1.29, 1.82) is 5.26 Å². The van der Waals surface area contributed by atoms with Crippen LogP contribution in [0.3, 0.4) is 0 Å². The number of rotatable bonds is 4. The average Bonchev–Trinajstić information content (AvgIpc) is 3.04. The van der Waals surface area contributed by atoms with Gasteiger partial charge in [0.05, 0.1) is 25.8 Å². The van der Waals surface area contributed by atoms with Gasteiger partial charge in [-0.15, -0.1) is 11.3 Å². The molecule has 0 radical (unpaired) electrons. The number of hydrogen-bond acceptors (Lipinski definition) is 6. The van der Waals surface area contributed by atoms with Crippen molar-refractivity contribution in [2.24, 2.45) is 0 Å². The van der Waals surface area contributed by atoms with Crippen molar-refractivity contribution >= 4 is 28.3 Å². The van der Waals surface area contributed by atoms with Crippen LogP contribution in [-0.4, -0.2) is 37.2 Å². The minimum atomic E-state index is -0.362. The van der Waals surface area contributed by atoms with E-state index in [1.54, 1.807) is 43.2 Å². The van der Waals surface area contributed by atoms with E-state index in [-0.39, 0.29) is 12.0 Å². The highest BCUT2D eigenvalue weighted by Crippen LogP contribution is 2.37. The fourth-order valence-electron chi connectivity index (χ4n) is 2.90. The molecule has 0 saturated heterocycles. The van der Waals surface area contributed by atoms with Crippen molar-refractivity contribution < 1.29 is 19.1 Å². The predicted octanol–water partition coefficient (Wildman–Crippen LogP) is 3.40. The van der Waals surface area contributed by atoms with Crippen molar-refractivity contribution in [2.75, 3.05) is 25.6 Å². The van der Waals surface area contributed by atoms with Gasteiger partial charge in [0.1, 0.15) is 16.8 Å². The Hall–Kier alpha value is -3.05. The van der Waals surface area contributed by atoms with Gasteiger partial charge in [0, 0.05) is 17.0 Å². The first-order valence-corrected chi connectivity index (χ1v) is 9.30. The summed E-state index contributed by atoms with van der Waals surface area (Å²) in [5.74, 6) is 0.366. The summed E-state index contributed by atoms with van der Waals surface area (Å²) in [7, 11) is 1.56. The largest absolute Gasteiger partial charge is 0.497 e. The molecule has 0 unspecified atom stereocenters. The van der Waals surface area contributed by atoms with Crippen LogP contribution in [0.2, 0.25) is 0 Å². The highest BCUT2D eigenvalue weighted by atomic mass is 32.1. The van der Waals surface area contributed by atoms with Gasteiger partial charge < -0.3 is 19.7 Å². The second kappa shape index (κ2) is 8.10. The fraction of sp³-hybridized carbons (Fsp3) is 0.316. The van der Waals surface area contributed by atoms with Gasteiger partial charge in [-0.3, -0.25) is 4.79 Å². The number of amides is 2. The summed E-state index contributed by atoms with van der Waals surface area (Å²) in [5.41, 5.74) is 1.84. The molecule has 1 aliphatic rings. The maximum atomic E-state index is 12.5. The van der Waals surface area contributed by atoms with Crippen molar-refractivity contribution in [3.8, 4) is 11.8 Å². The van der Waals surface area contributed by atoms with Crippen LogP contribution in [0.1, 0.15) is 33.3 Å². The third-order valence-electron chi connectivity index (χ3n) is 4.27. The Morgan fingerprint density at radius 1 is 1.33 bits per heavy atom. The van der Waals surface area contributed by atoms with Gasteiger partial charge in [0.2, 0.25) is 0 Å². The molecule has 7 nitrogen and oxygen atoms in total. The molecule has 0 bridgehead atoms. The lowest BCUT2D eigenvalue weighted by Gasteiger charge is -2.25. The highest BCUT2D eigenvalue weighted by molar-refractivity contribution is 7.16. The molecule has 140 valence electrons. The van der Waals surface area contributed by atoms with Gasteiger partial charge in [-0.25, -0.2) is 4.79 Å². The van der Waals surface area contributed by atoms with Crippen molar-refractivity contribution in [3.63, 3.8) is 0 Å². The Balaban J connectivity index is 1.80. The Bertz CT molecular complexity index is 899. The summed E-state index contributed by atoms with van der Waals surface area (Å²) in [4.78, 5) is 27.0. The van der Waals surface area contributed by atoms with Crippen LogP contribution in [0.4, 0.5) is 9.80 Å². The summed E-state index contributed by atoms with van der Waals surface area (Å²) < 4.78 is 10.1. The number of nitrogens with one attached hydrogen (secondary N) is 1. The second-order valence-electron chi connectivity index (χ2n) is 5.87. The van der Waals surface area contributed by atoms with Crippen LogP contribution >= 0.6 is 11.3 Å². The number of anilines is 1. The lowest BCUT2D eigenvalue weighted by atomic mass is 10.0. The van der Waals surface area contributed by atoms with Gasteiger partial charge in [0.15, 0.2) is 0 Å². The molecule has 1 aliphatic heterocycles. The third kappa shape index (κ3) is 3.88. The first kappa shape index (κ1) is 18.7. The Kier molecular flexibility index (Phi) is 5.62. The molecule has 1 N–H and O–H groups in total. The number of carbonyl (C=O) groups excluding carboxylic acids is 2. The van der Waals surface area contributed by atoms with Gasteiger partial charge in [-0.2, -0.15) is 5.26 Å². The standard InChI is InChI=1S/C19H19N3O4S/c1-3-26-19(24)22-9-8-14-15(10-20)18(27-16(14)11-22)21-17(23)12-4-6-13(25-2)7-5-12/h4-7H,3,8-9,11H2,1-2H3,(H,21,23). The molecule has 8 heteroatoms. The summed E-state index contributed by atoms with van der Waals surface area (Å²) in [6.45, 7) is 2.95. The molecule has 0 atom stereocenters. The van der Waals surface area contributed by atoms with E-state index in [0.717, 1.165) is 10.4 Å². The van der Waals surface area contributed by atoms with Crippen LogP contribution in [0.5, 0.6) is 5.75 Å². The number of benzene rings is 1. The molecular formula is C19H19N3O4S. The molecule has 1 aromatic carbocycles. The van der Waals surface area contributed by atoms with E-state index in [4.69, 9.17) is 9.47 Å². The first-order valence-electron chi connectivity index (χ1n) is 8.49. The van der Waals surface area contributed by atoms with Crippen molar-refractivity contribution in [1.82, 2.24) is 4.90 Å². The zero-order chi connectivity index (χ0) is 19.4. The summed E-state index contributed by atoms with van der Waals surface area (Å²) >= 11 is 1.33. The van der Waals surface area contributed by atoms with E-state index in [1.807, 2.05) is 0 Å². The van der Waals surface area contributed by atoms with E-state index < -0.39 is 0 Å². The lowest BCUT2D eigenvalue weighted by Crippen LogP contribution is -2.35. The number of fused-ring (bicyclic) bond motifs is 1. The van der Waals surface area contributed by atoms with Gasteiger partial charge in [0.25, 0.3) is 5.91 Å². The Morgan fingerprint density at radius 2 is 2.07 bits per heavy atom. The average molecular weight is 385 g/mol. The maximum Gasteiger partial charge on any atom is 0.410 e. The number of hydrogen-bond donors (Lipinski definition) is 1. The van der Waals surface area contributed by atoms with Crippen molar-refractivity contribution in [2.45, 2.75) is 19.9 Å². The second-order valence-corrected chi connectivity index (χ2v) is 6.98. The van der Waals surface area contributed by atoms with Crippen LogP contribution in [0.25, 0.3) is 0 Å². The molecule has 2 amide bonds. The fourth-order valence-corrected chi connectivity index (χ4v) is 4.11. The summed E-state index contributed by atoms with van der Waals surface area (Å²) in [6.07, 6.45) is 0.199. The molecule has 2 aromatic rings. The van der Waals surface area contributed by atoms with Gasteiger partial charge in [-0.05, 0) is 43.2 Å². The lowest BCUT2D eigenvalue weighted by molar-refractivity contribution is 0.102. The number of nitrogens with zero attached hydrogens (tertiary/aromatic N) is 2. The van der Waals surface area contributed by atoms with Crippen LogP contribution < -0.4 is 10.1 Å². The van der Waals surface area contributed by atoms with Crippen LogP contribution in [-0.2, 0) is 17.7 Å². The number of nitriles is 1. The number of thiophene rings is 1. The topological polar surface area (TPSA) is 91.7 Å². The van der Waals surface area contributed by atoms with E-state index in [2.05, 4.69) is 11.4 Å². The molecule has 2 heterocycles. The number of methoxy groups -OCH3 is 1. The summed E-state index contributed by atoms with van der Waals surface area (Å²) in [5, 5.41) is 12.9. The predicted molar refractivity (Wildman–Crippen MR) is 101 cm³/mol. The van der Waals surface area contributed by atoms with Crippen LogP contribution in [0.15, 0.2) is 24.3 Å². The molecule has 3 rings (SSSR count). The zero-order valence-electron chi connectivity index (χ0n) is 15.1. The molecular weight excluding hydrogens is 366 g/mol. The molecule has 0 aliphatic carbocycles. The normalized spacial score (nSPS) is 12.7. The maximum absolute atomic E-state index is 12.5. The molecule has 27 heavy (non-hydrogen) atoms. The van der Waals surface area contributed by atoms with Crippen molar-refractivity contribution in [3.05, 3.63) is 45.8 Å². The third-order valence-corrected chi connectivity index (χ3v) is 5.41. The van der Waals surface area contributed by atoms with E-state index in [9.17, 15) is 14.9 Å². The Morgan fingerprint density at radius 3 is 2.70 bits per heavy atom. The Labute approximate surface area is 161 Å². The quantitative estimate of drug-likeness (QED) is 0.871. The smallest absolute Gasteiger partial charge is 0.410 e. The molecule has 0 spiro atoms. The monoisotopic (exact) mass is 385 g/mol. The number of carbonyl (C=O) groups is 2.